The van der Waals surface area contributed by atoms with E-state index in [0.717, 1.165) is 22.5 Å². The second-order valence-electron chi connectivity index (χ2n) is 9.34. The zero-order valence-corrected chi connectivity index (χ0v) is 23.4. The smallest absolute Gasteiger partial charge is 0.232 e. The number of rotatable bonds is 10. The third-order valence-corrected chi connectivity index (χ3v) is 7.42. The van der Waals surface area contributed by atoms with Gasteiger partial charge in [0.25, 0.3) is 0 Å². The van der Waals surface area contributed by atoms with Crippen molar-refractivity contribution in [3.8, 4) is 0 Å². The van der Waals surface area contributed by atoms with Crippen LogP contribution in [0.3, 0.4) is 0 Å². The van der Waals surface area contributed by atoms with E-state index in [9.17, 15) is 0 Å². The molecule has 3 aromatic heterocycles. The summed E-state index contributed by atoms with van der Waals surface area (Å²) in [5.41, 5.74) is 16.1. The lowest BCUT2D eigenvalue weighted by atomic mass is 10.2. The van der Waals surface area contributed by atoms with Crippen LogP contribution in [0.4, 0.5) is 35.2 Å². The number of nitrogens with one attached hydrogen (secondary N) is 2. The van der Waals surface area contributed by atoms with Crippen molar-refractivity contribution in [2.75, 3.05) is 22.1 Å². The molecule has 40 heavy (non-hydrogen) atoms. The molecule has 0 aliphatic carbocycles. The van der Waals surface area contributed by atoms with Crippen LogP contribution >= 0.6 is 11.3 Å². The number of benzene rings is 2. The van der Waals surface area contributed by atoms with Crippen molar-refractivity contribution >= 4 is 46.5 Å². The molecule has 0 fully saturated rings. The summed E-state index contributed by atoms with van der Waals surface area (Å²) in [7, 11) is 0. The fraction of sp³-hybridized carbons (Fsp3) is 0.214. The van der Waals surface area contributed by atoms with Gasteiger partial charge in [-0.3, -0.25) is 4.90 Å². The largest absolute Gasteiger partial charge is 0.368 e. The Morgan fingerprint density at radius 2 is 1.20 bits per heavy atom. The van der Waals surface area contributed by atoms with Gasteiger partial charge in [0.15, 0.2) is 0 Å². The Labute approximate surface area is 236 Å². The van der Waals surface area contributed by atoms with E-state index in [1.807, 2.05) is 68.4 Å². The van der Waals surface area contributed by atoms with Gasteiger partial charge in [-0.1, -0.05) is 42.5 Å². The lowest BCUT2D eigenvalue weighted by Crippen LogP contribution is -2.28. The van der Waals surface area contributed by atoms with Crippen LogP contribution in [0.1, 0.15) is 40.6 Å². The summed E-state index contributed by atoms with van der Waals surface area (Å²) in [6, 6.07) is 20.0. The quantitative estimate of drug-likeness (QED) is 0.181. The molecule has 0 radical (unpaired) electrons. The van der Waals surface area contributed by atoms with E-state index in [2.05, 4.69) is 63.8 Å². The number of para-hydroxylation sites is 2. The second-order valence-corrected chi connectivity index (χ2v) is 10.3. The van der Waals surface area contributed by atoms with Gasteiger partial charge in [0.2, 0.25) is 23.8 Å². The molecule has 3 heterocycles. The van der Waals surface area contributed by atoms with Crippen LogP contribution in [0.25, 0.3) is 0 Å². The van der Waals surface area contributed by atoms with Crippen molar-refractivity contribution < 1.29 is 0 Å². The van der Waals surface area contributed by atoms with E-state index in [1.165, 1.54) is 4.88 Å². The second kappa shape index (κ2) is 12.0. The van der Waals surface area contributed by atoms with Crippen molar-refractivity contribution in [1.82, 2.24) is 34.8 Å². The van der Waals surface area contributed by atoms with Gasteiger partial charge in [0.05, 0.1) is 13.1 Å². The van der Waals surface area contributed by atoms with Crippen LogP contribution in [0.15, 0.2) is 66.0 Å². The topological polar surface area (TPSA) is 157 Å². The number of hydrogen-bond acceptors (Lipinski definition) is 12. The molecule has 0 saturated carbocycles. The molecule has 0 spiro atoms. The Morgan fingerprint density at radius 1 is 0.700 bits per heavy atom. The van der Waals surface area contributed by atoms with Crippen LogP contribution in [0.5, 0.6) is 0 Å². The van der Waals surface area contributed by atoms with Gasteiger partial charge in [-0.05, 0) is 55.5 Å². The number of anilines is 6. The van der Waals surface area contributed by atoms with Gasteiger partial charge in [-0.25, -0.2) is 0 Å². The minimum Gasteiger partial charge on any atom is -0.368 e. The monoisotopic (exact) mass is 553 g/mol. The van der Waals surface area contributed by atoms with Crippen molar-refractivity contribution in [2.24, 2.45) is 0 Å². The Hall–Kier alpha value is -4.68. The maximum atomic E-state index is 6.10. The summed E-state index contributed by atoms with van der Waals surface area (Å²) in [4.78, 5) is 30.2. The van der Waals surface area contributed by atoms with Crippen LogP contribution < -0.4 is 22.1 Å². The number of aromatic nitrogens is 6. The number of nitrogens with two attached hydrogens (primary N) is 2. The van der Waals surface area contributed by atoms with E-state index >= 15 is 0 Å². The van der Waals surface area contributed by atoms with Gasteiger partial charge in [0, 0.05) is 22.3 Å². The Morgan fingerprint density at radius 3 is 1.65 bits per heavy atom. The number of hydrogen-bond donors (Lipinski definition) is 4. The van der Waals surface area contributed by atoms with Gasteiger partial charge in [0.1, 0.15) is 11.6 Å². The molecule has 1 atom stereocenters. The van der Waals surface area contributed by atoms with Crippen molar-refractivity contribution in [3.05, 3.63) is 93.7 Å². The first-order valence-electron chi connectivity index (χ1n) is 12.8. The molecule has 2 aromatic carbocycles. The van der Waals surface area contributed by atoms with E-state index in [1.54, 1.807) is 11.3 Å². The highest BCUT2D eigenvalue weighted by atomic mass is 32.1. The Kier molecular flexibility index (Phi) is 8.08. The van der Waals surface area contributed by atoms with Gasteiger partial charge < -0.3 is 22.1 Å². The minimum absolute atomic E-state index is 0.0107. The molecule has 0 aliphatic heterocycles. The summed E-state index contributed by atoms with van der Waals surface area (Å²) < 4.78 is 0. The molecule has 0 amide bonds. The highest BCUT2D eigenvalue weighted by Crippen LogP contribution is 2.28. The molecule has 5 rings (SSSR count). The molecule has 0 saturated heterocycles. The summed E-state index contributed by atoms with van der Waals surface area (Å²) in [6.07, 6.45) is 0. The van der Waals surface area contributed by atoms with E-state index in [0.29, 0.717) is 36.6 Å². The van der Waals surface area contributed by atoms with Gasteiger partial charge in [-0.2, -0.15) is 29.9 Å². The highest BCUT2D eigenvalue weighted by Gasteiger charge is 2.22. The van der Waals surface area contributed by atoms with E-state index < -0.39 is 0 Å². The first-order valence-corrected chi connectivity index (χ1v) is 13.7. The Balaban J connectivity index is 1.42. The third kappa shape index (κ3) is 6.65. The molecule has 0 aliphatic rings. The van der Waals surface area contributed by atoms with Crippen LogP contribution in [0.2, 0.25) is 0 Å². The average molecular weight is 554 g/mol. The predicted molar refractivity (Wildman–Crippen MR) is 159 cm³/mol. The number of aryl methyl sites for hydroxylation is 2. The predicted octanol–water partition coefficient (Wildman–Crippen LogP) is 5.15. The van der Waals surface area contributed by atoms with Crippen molar-refractivity contribution in [1.29, 1.82) is 0 Å². The molecular formula is C28H31N11S. The summed E-state index contributed by atoms with van der Waals surface area (Å²) in [6.45, 7) is 6.91. The standard InChI is InChI=1S/C28H31N11S/c1-17-9-4-6-11-20(17)31-27-35-23(33-25(29)37-27)15-39(19(3)22-13-8-14-40-22)16-24-34-26(30)38-28(36-24)32-21-12-7-5-10-18(21)2/h4-14,19H,15-16H2,1-3H3,(H3,29,31,33,35,37)(H3,30,32,34,36,38)/t19-/m0/s1. The first kappa shape index (κ1) is 26.9. The normalized spacial score (nSPS) is 11.9. The van der Waals surface area contributed by atoms with Crippen molar-refractivity contribution in [2.45, 2.75) is 39.9 Å². The zero-order chi connectivity index (χ0) is 28.1. The molecular weight excluding hydrogens is 522 g/mol. The third-order valence-electron chi connectivity index (χ3n) is 6.37. The zero-order valence-electron chi connectivity index (χ0n) is 22.5. The molecule has 204 valence electrons. The average Bonchev–Trinajstić information content (AvgIpc) is 3.45. The number of nitrogens with zero attached hydrogens (tertiary/aromatic N) is 7. The Bertz CT molecular complexity index is 1490. The molecule has 6 N–H and O–H groups in total. The fourth-order valence-corrected chi connectivity index (χ4v) is 5.02. The fourth-order valence-electron chi connectivity index (χ4n) is 4.20. The highest BCUT2D eigenvalue weighted by molar-refractivity contribution is 7.10. The minimum atomic E-state index is 0.0107. The lowest BCUT2D eigenvalue weighted by Gasteiger charge is -2.27. The summed E-state index contributed by atoms with van der Waals surface area (Å²) in [5, 5.41) is 8.57. The summed E-state index contributed by atoms with van der Waals surface area (Å²) >= 11 is 1.68. The number of thiophene rings is 1. The number of nitrogen functional groups attached to an aromatic ring is 2. The maximum absolute atomic E-state index is 6.10. The van der Waals surface area contributed by atoms with E-state index in [-0.39, 0.29) is 17.9 Å². The van der Waals surface area contributed by atoms with Gasteiger partial charge in [-0.15, -0.1) is 11.3 Å². The molecule has 0 bridgehead atoms. The van der Waals surface area contributed by atoms with Crippen LogP contribution in [0, 0.1) is 13.8 Å². The summed E-state index contributed by atoms with van der Waals surface area (Å²) in [5.74, 6) is 2.08. The SMILES string of the molecule is Cc1ccccc1Nc1nc(N)nc(CN(Cc2nc(N)nc(Nc3ccccc3C)n2)[C@@H](C)c2cccs2)n1. The van der Waals surface area contributed by atoms with Crippen molar-refractivity contribution in [3.63, 3.8) is 0 Å². The van der Waals surface area contributed by atoms with Crippen LogP contribution in [-0.4, -0.2) is 34.8 Å². The van der Waals surface area contributed by atoms with Crippen LogP contribution in [-0.2, 0) is 13.1 Å². The lowest BCUT2D eigenvalue weighted by molar-refractivity contribution is 0.185. The molecule has 0 unspecified atom stereocenters. The van der Waals surface area contributed by atoms with E-state index in [4.69, 9.17) is 11.5 Å². The first-order chi connectivity index (χ1) is 19.3. The molecule has 11 nitrogen and oxygen atoms in total. The molecule has 5 aromatic rings. The maximum Gasteiger partial charge on any atom is 0.232 e. The van der Waals surface area contributed by atoms with Gasteiger partial charge >= 0.3 is 0 Å². The molecule has 12 heteroatoms.